The molecule has 0 unspecified atom stereocenters. The number of rotatable bonds is 5. The molecular formula is C18H18ClN3O3. The SMILES string of the molecule is Cc1cccc(NC(=O)CCNC(=O)[C@@H]2Cc3cc(Cl)ccc3O2)n1. The van der Waals surface area contributed by atoms with E-state index >= 15 is 0 Å². The van der Waals surface area contributed by atoms with E-state index in [4.69, 9.17) is 16.3 Å². The lowest BCUT2D eigenvalue weighted by Crippen LogP contribution is -2.38. The summed E-state index contributed by atoms with van der Waals surface area (Å²) in [6.45, 7) is 2.08. The molecule has 1 aromatic carbocycles. The van der Waals surface area contributed by atoms with Crippen LogP contribution in [0.1, 0.15) is 17.7 Å². The molecule has 0 bridgehead atoms. The molecule has 1 aliphatic heterocycles. The van der Waals surface area contributed by atoms with E-state index in [1.807, 2.05) is 19.1 Å². The van der Waals surface area contributed by atoms with Crippen LogP contribution in [0.2, 0.25) is 5.02 Å². The average molecular weight is 360 g/mol. The van der Waals surface area contributed by atoms with Crippen molar-refractivity contribution in [1.82, 2.24) is 10.3 Å². The lowest BCUT2D eigenvalue weighted by Gasteiger charge is -2.11. The van der Waals surface area contributed by atoms with E-state index in [0.717, 1.165) is 11.3 Å². The largest absolute Gasteiger partial charge is 0.480 e. The second kappa shape index (κ2) is 7.53. The molecule has 0 aliphatic carbocycles. The van der Waals surface area contributed by atoms with Crippen LogP contribution in [0.3, 0.4) is 0 Å². The highest BCUT2D eigenvalue weighted by Crippen LogP contribution is 2.31. The number of anilines is 1. The molecule has 1 aliphatic rings. The second-order valence-corrected chi connectivity index (χ2v) is 6.25. The number of fused-ring (bicyclic) bond motifs is 1. The van der Waals surface area contributed by atoms with Crippen LogP contribution in [0, 0.1) is 6.92 Å². The molecule has 1 aromatic heterocycles. The van der Waals surface area contributed by atoms with E-state index in [1.54, 1.807) is 24.3 Å². The van der Waals surface area contributed by atoms with E-state index in [9.17, 15) is 9.59 Å². The predicted octanol–water partition coefficient (Wildman–Crippen LogP) is 2.49. The number of amides is 2. The fraction of sp³-hybridized carbons (Fsp3) is 0.278. The monoisotopic (exact) mass is 359 g/mol. The van der Waals surface area contributed by atoms with Crippen molar-refractivity contribution in [3.63, 3.8) is 0 Å². The number of pyridine rings is 1. The van der Waals surface area contributed by atoms with Gasteiger partial charge in [0.1, 0.15) is 11.6 Å². The first-order valence-electron chi connectivity index (χ1n) is 7.97. The summed E-state index contributed by atoms with van der Waals surface area (Å²) in [6.07, 6.45) is 0.0449. The maximum Gasteiger partial charge on any atom is 0.261 e. The van der Waals surface area contributed by atoms with Gasteiger partial charge in [0.05, 0.1) is 0 Å². The Balaban J connectivity index is 1.43. The zero-order valence-electron chi connectivity index (χ0n) is 13.7. The van der Waals surface area contributed by atoms with Gasteiger partial charge in [-0.15, -0.1) is 0 Å². The summed E-state index contributed by atoms with van der Waals surface area (Å²) >= 11 is 5.94. The van der Waals surface area contributed by atoms with Gasteiger partial charge in [0.15, 0.2) is 6.10 Å². The number of halogens is 1. The maximum atomic E-state index is 12.2. The Hall–Kier alpha value is -2.60. The Kier molecular flexibility index (Phi) is 5.19. The molecule has 2 aromatic rings. The van der Waals surface area contributed by atoms with Gasteiger partial charge in [0, 0.05) is 30.1 Å². The number of hydrogen-bond donors (Lipinski definition) is 2. The molecule has 3 rings (SSSR count). The van der Waals surface area contributed by atoms with Gasteiger partial charge >= 0.3 is 0 Å². The minimum absolute atomic E-state index is 0.160. The van der Waals surface area contributed by atoms with Gasteiger partial charge in [0.2, 0.25) is 5.91 Å². The second-order valence-electron chi connectivity index (χ2n) is 5.82. The van der Waals surface area contributed by atoms with Gasteiger partial charge in [-0.1, -0.05) is 17.7 Å². The number of nitrogens with one attached hydrogen (secondary N) is 2. The first kappa shape index (κ1) is 17.2. The third-order valence-electron chi connectivity index (χ3n) is 3.80. The van der Waals surface area contributed by atoms with Crippen molar-refractivity contribution in [2.75, 3.05) is 11.9 Å². The number of carbonyl (C=O) groups excluding carboxylic acids is 2. The predicted molar refractivity (Wildman–Crippen MR) is 94.8 cm³/mol. The van der Waals surface area contributed by atoms with E-state index in [0.29, 0.717) is 23.0 Å². The van der Waals surface area contributed by atoms with E-state index < -0.39 is 6.10 Å². The number of aryl methyl sites for hydroxylation is 1. The standard InChI is InChI=1S/C18H18ClN3O3/c1-11-3-2-4-16(21-11)22-17(23)7-8-20-18(24)15-10-12-9-13(19)5-6-14(12)25-15/h2-6,9,15H,7-8,10H2,1H3,(H,20,24)(H,21,22,23)/t15-/m0/s1. The molecule has 0 radical (unpaired) electrons. The molecule has 6 nitrogen and oxygen atoms in total. The van der Waals surface area contributed by atoms with E-state index in [-0.39, 0.29) is 24.8 Å². The molecule has 1 atom stereocenters. The highest BCUT2D eigenvalue weighted by Gasteiger charge is 2.29. The van der Waals surface area contributed by atoms with Crippen molar-refractivity contribution in [2.24, 2.45) is 0 Å². The highest BCUT2D eigenvalue weighted by molar-refractivity contribution is 6.30. The summed E-state index contributed by atoms with van der Waals surface area (Å²) in [5.74, 6) is 0.727. The molecule has 0 saturated carbocycles. The van der Waals surface area contributed by atoms with Crippen LogP contribution < -0.4 is 15.4 Å². The van der Waals surface area contributed by atoms with Crippen LogP contribution in [-0.2, 0) is 16.0 Å². The molecule has 7 heteroatoms. The van der Waals surface area contributed by atoms with Crippen molar-refractivity contribution in [3.05, 3.63) is 52.7 Å². The smallest absolute Gasteiger partial charge is 0.261 e. The van der Waals surface area contributed by atoms with Crippen LogP contribution in [0.4, 0.5) is 5.82 Å². The van der Waals surface area contributed by atoms with Gasteiger partial charge in [-0.2, -0.15) is 0 Å². The molecule has 0 spiro atoms. The van der Waals surface area contributed by atoms with Crippen molar-refractivity contribution in [1.29, 1.82) is 0 Å². The summed E-state index contributed by atoms with van der Waals surface area (Å²) in [5, 5.41) is 6.04. The molecule has 25 heavy (non-hydrogen) atoms. The number of hydrogen-bond acceptors (Lipinski definition) is 4. The van der Waals surface area contributed by atoms with Crippen LogP contribution >= 0.6 is 11.6 Å². The van der Waals surface area contributed by atoms with Gasteiger partial charge in [0.25, 0.3) is 5.91 Å². The third-order valence-corrected chi connectivity index (χ3v) is 4.03. The van der Waals surface area contributed by atoms with Crippen molar-refractivity contribution in [2.45, 2.75) is 25.9 Å². The van der Waals surface area contributed by atoms with E-state index in [2.05, 4.69) is 15.6 Å². The topological polar surface area (TPSA) is 80.3 Å². The van der Waals surface area contributed by atoms with Gasteiger partial charge in [-0.3, -0.25) is 9.59 Å². The number of ether oxygens (including phenoxy) is 1. The summed E-state index contributed by atoms with van der Waals surface area (Å²) in [4.78, 5) is 28.3. The Morgan fingerprint density at radius 2 is 2.16 bits per heavy atom. The van der Waals surface area contributed by atoms with Gasteiger partial charge in [-0.05, 0) is 42.8 Å². The van der Waals surface area contributed by atoms with Crippen LogP contribution in [0.25, 0.3) is 0 Å². The molecular weight excluding hydrogens is 342 g/mol. The summed E-state index contributed by atoms with van der Waals surface area (Å²) < 4.78 is 5.61. The summed E-state index contributed by atoms with van der Waals surface area (Å²) in [5.41, 5.74) is 1.74. The quantitative estimate of drug-likeness (QED) is 0.859. The Labute approximate surface area is 150 Å². The Morgan fingerprint density at radius 1 is 1.32 bits per heavy atom. The zero-order chi connectivity index (χ0) is 17.8. The van der Waals surface area contributed by atoms with Crippen molar-refractivity contribution >= 4 is 29.2 Å². The summed E-state index contributed by atoms with van der Waals surface area (Å²) in [7, 11) is 0. The molecule has 0 saturated heterocycles. The Morgan fingerprint density at radius 3 is 2.96 bits per heavy atom. The minimum atomic E-state index is -0.588. The first-order chi connectivity index (χ1) is 12.0. The molecule has 2 N–H and O–H groups in total. The number of benzene rings is 1. The zero-order valence-corrected chi connectivity index (χ0v) is 14.5. The van der Waals surface area contributed by atoms with Crippen LogP contribution in [0.15, 0.2) is 36.4 Å². The molecule has 130 valence electrons. The highest BCUT2D eigenvalue weighted by atomic mass is 35.5. The molecule has 0 fully saturated rings. The average Bonchev–Trinajstić information content (AvgIpc) is 2.98. The van der Waals surface area contributed by atoms with Crippen LogP contribution in [0.5, 0.6) is 5.75 Å². The fourth-order valence-corrected chi connectivity index (χ4v) is 2.79. The fourth-order valence-electron chi connectivity index (χ4n) is 2.59. The van der Waals surface area contributed by atoms with Crippen molar-refractivity contribution < 1.29 is 14.3 Å². The number of aromatic nitrogens is 1. The van der Waals surface area contributed by atoms with Gasteiger partial charge in [-0.25, -0.2) is 4.98 Å². The molecule has 2 amide bonds. The minimum Gasteiger partial charge on any atom is -0.480 e. The maximum absolute atomic E-state index is 12.2. The normalized spacial score (nSPS) is 15.2. The number of carbonyl (C=O) groups is 2. The van der Waals surface area contributed by atoms with Crippen molar-refractivity contribution in [3.8, 4) is 5.75 Å². The van der Waals surface area contributed by atoms with Gasteiger partial charge < -0.3 is 15.4 Å². The number of nitrogens with zero attached hydrogens (tertiary/aromatic N) is 1. The van der Waals surface area contributed by atoms with E-state index in [1.165, 1.54) is 0 Å². The molecule has 2 heterocycles. The van der Waals surface area contributed by atoms with Crippen LogP contribution in [-0.4, -0.2) is 29.4 Å². The first-order valence-corrected chi connectivity index (χ1v) is 8.35. The lowest BCUT2D eigenvalue weighted by molar-refractivity contribution is -0.127. The summed E-state index contributed by atoms with van der Waals surface area (Å²) in [6, 6.07) is 10.7. The lowest BCUT2D eigenvalue weighted by atomic mass is 10.1. The third kappa shape index (κ3) is 4.48. The Bertz CT molecular complexity index is 810.